The number of aryl methyl sites for hydroxylation is 1. The summed E-state index contributed by atoms with van der Waals surface area (Å²) in [6.45, 7) is 5.88. The van der Waals surface area contributed by atoms with E-state index >= 15 is 0 Å². The largest absolute Gasteiger partial charge is 0.416 e. The average molecular weight is 421 g/mol. The number of nitrogens with one attached hydrogen (secondary N) is 1. The molecule has 1 fully saturated rings. The van der Waals surface area contributed by atoms with Gasteiger partial charge in [0.25, 0.3) is 11.8 Å². The van der Waals surface area contributed by atoms with Crippen LogP contribution in [0.1, 0.15) is 6.92 Å². The van der Waals surface area contributed by atoms with Crippen molar-refractivity contribution in [2.45, 2.75) is 13.5 Å². The first-order valence-electron chi connectivity index (χ1n) is 10.1. The van der Waals surface area contributed by atoms with Gasteiger partial charge in [-0.2, -0.15) is 4.98 Å². The molecule has 1 aromatic carbocycles. The SMILES string of the molecule is CCn1cc(-c2nnc(-c3ccccc3F)o2)c(=O)c2cnc(N3CCNCC3)nc21. The molecule has 0 amide bonds. The summed E-state index contributed by atoms with van der Waals surface area (Å²) in [5.41, 5.74) is 0.647. The lowest BCUT2D eigenvalue weighted by Gasteiger charge is -2.27. The number of hydrogen-bond acceptors (Lipinski definition) is 8. The molecule has 1 aliphatic heterocycles. The fourth-order valence-electron chi connectivity index (χ4n) is 3.65. The first-order chi connectivity index (χ1) is 15.2. The van der Waals surface area contributed by atoms with Gasteiger partial charge in [-0.15, -0.1) is 10.2 Å². The second-order valence-electron chi connectivity index (χ2n) is 7.19. The Kier molecular flexibility index (Phi) is 4.91. The molecule has 9 nitrogen and oxygen atoms in total. The second-order valence-corrected chi connectivity index (χ2v) is 7.19. The highest BCUT2D eigenvalue weighted by Gasteiger charge is 2.20. The lowest BCUT2D eigenvalue weighted by atomic mass is 10.2. The predicted molar refractivity (Wildman–Crippen MR) is 113 cm³/mol. The molecular weight excluding hydrogens is 401 g/mol. The first kappa shape index (κ1) is 19.3. The standard InChI is InChI=1S/C21H20FN7O2/c1-2-28-12-15(20-27-26-19(31-20)13-5-3-4-6-16(13)22)17(30)14-11-24-21(25-18(14)28)29-9-7-23-8-10-29/h3-6,11-12,23H,2,7-10H2,1H3. The second kappa shape index (κ2) is 7.88. The van der Waals surface area contributed by atoms with Crippen LogP contribution in [0.2, 0.25) is 0 Å². The van der Waals surface area contributed by atoms with Crippen LogP contribution in [0.4, 0.5) is 10.3 Å². The topological polar surface area (TPSA) is 102 Å². The van der Waals surface area contributed by atoms with Crippen LogP contribution < -0.4 is 15.6 Å². The average Bonchev–Trinajstić information content (AvgIpc) is 3.30. The van der Waals surface area contributed by atoms with Crippen molar-refractivity contribution >= 4 is 17.0 Å². The summed E-state index contributed by atoms with van der Waals surface area (Å²) < 4.78 is 21.6. The lowest BCUT2D eigenvalue weighted by molar-refractivity contribution is 0.569. The fourth-order valence-corrected chi connectivity index (χ4v) is 3.65. The summed E-state index contributed by atoms with van der Waals surface area (Å²) >= 11 is 0. The minimum absolute atomic E-state index is 0.0148. The van der Waals surface area contributed by atoms with Gasteiger partial charge in [0.1, 0.15) is 17.0 Å². The molecule has 4 heterocycles. The highest BCUT2D eigenvalue weighted by molar-refractivity contribution is 5.80. The number of fused-ring (bicyclic) bond motifs is 1. The highest BCUT2D eigenvalue weighted by atomic mass is 19.1. The quantitative estimate of drug-likeness (QED) is 0.534. The molecule has 10 heteroatoms. The van der Waals surface area contributed by atoms with Crippen molar-refractivity contribution < 1.29 is 8.81 Å². The van der Waals surface area contributed by atoms with Gasteiger partial charge in [0.05, 0.1) is 10.9 Å². The molecule has 0 aliphatic carbocycles. The molecule has 1 N–H and O–H groups in total. The van der Waals surface area contributed by atoms with E-state index in [4.69, 9.17) is 4.42 Å². The Morgan fingerprint density at radius 1 is 1.13 bits per heavy atom. The van der Waals surface area contributed by atoms with E-state index in [2.05, 4.69) is 30.4 Å². The minimum Gasteiger partial charge on any atom is -0.416 e. The van der Waals surface area contributed by atoms with Crippen LogP contribution in [0.5, 0.6) is 0 Å². The Balaban J connectivity index is 1.60. The molecule has 3 aromatic heterocycles. The van der Waals surface area contributed by atoms with Crippen LogP contribution >= 0.6 is 0 Å². The number of pyridine rings is 1. The molecule has 0 spiro atoms. The van der Waals surface area contributed by atoms with Crippen LogP contribution in [0.25, 0.3) is 33.9 Å². The number of rotatable bonds is 4. The molecule has 4 aromatic rings. The van der Waals surface area contributed by atoms with Gasteiger partial charge in [-0.05, 0) is 19.1 Å². The Hall–Kier alpha value is -3.66. The maximum absolute atomic E-state index is 14.1. The summed E-state index contributed by atoms with van der Waals surface area (Å²) in [6, 6.07) is 6.11. The van der Waals surface area contributed by atoms with Crippen LogP contribution in [0.3, 0.4) is 0 Å². The number of benzene rings is 1. The zero-order valence-electron chi connectivity index (χ0n) is 16.9. The smallest absolute Gasteiger partial charge is 0.253 e. The zero-order chi connectivity index (χ0) is 21.4. The summed E-state index contributed by atoms with van der Waals surface area (Å²) in [5.74, 6) is 0.165. The van der Waals surface area contributed by atoms with Gasteiger partial charge in [0.2, 0.25) is 11.4 Å². The third-order valence-corrected chi connectivity index (χ3v) is 5.30. The van der Waals surface area contributed by atoms with E-state index in [1.807, 2.05) is 11.5 Å². The molecule has 31 heavy (non-hydrogen) atoms. The molecule has 0 bridgehead atoms. The predicted octanol–water partition coefficient (Wildman–Crippen LogP) is 2.08. The number of halogens is 1. The van der Waals surface area contributed by atoms with Gasteiger partial charge in [0.15, 0.2) is 0 Å². The molecule has 5 rings (SSSR count). The Bertz CT molecular complexity index is 1310. The third kappa shape index (κ3) is 3.44. The summed E-state index contributed by atoms with van der Waals surface area (Å²) in [7, 11) is 0. The van der Waals surface area contributed by atoms with Gasteiger partial charge >= 0.3 is 0 Å². The molecule has 0 saturated carbocycles. The highest BCUT2D eigenvalue weighted by Crippen LogP contribution is 2.25. The van der Waals surface area contributed by atoms with Crippen LogP contribution in [-0.2, 0) is 6.54 Å². The monoisotopic (exact) mass is 421 g/mol. The van der Waals surface area contributed by atoms with Crippen LogP contribution in [0.15, 0.2) is 45.9 Å². The number of anilines is 1. The van der Waals surface area contributed by atoms with Crippen molar-refractivity contribution in [3.8, 4) is 22.9 Å². The van der Waals surface area contributed by atoms with Crippen molar-refractivity contribution in [1.29, 1.82) is 0 Å². The fraction of sp³-hybridized carbons (Fsp3) is 0.286. The maximum Gasteiger partial charge on any atom is 0.253 e. The van der Waals surface area contributed by atoms with Gasteiger partial charge in [-0.3, -0.25) is 4.79 Å². The van der Waals surface area contributed by atoms with Gasteiger partial charge in [-0.1, -0.05) is 12.1 Å². The Labute approximate surface area is 176 Å². The van der Waals surface area contributed by atoms with Gasteiger partial charge < -0.3 is 19.2 Å². The number of nitrogens with zero attached hydrogens (tertiary/aromatic N) is 6. The zero-order valence-corrected chi connectivity index (χ0v) is 16.9. The number of hydrogen-bond donors (Lipinski definition) is 1. The van der Waals surface area contributed by atoms with E-state index in [9.17, 15) is 9.18 Å². The van der Waals surface area contributed by atoms with E-state index in [1.165, 1.54) is 6.07 Å². The first-order valence-corrected chi connectivity index (χ1v) is 10.1. The summed E-state index contributed by atoms with van der Waals surface area (Å²) in [5, 5.41) is 11.6. The molecule has 1 saturated heterocycles. The molecule has 158 valence electrons. The van der Waals surface area contributed by atoms with E-state index in [1.54, 1.807) is 30.6 Å². The molecule has 0 atom stereocenters. The number of aromatic nitrogens is 5. The molecule has 1 aliphatic rings. The van der Waals surface area contributed by atoms with Crippen LogP contribution in [0, 0.1) is 5.82 Å². The minimum atomic E-state index is -0.476. The Morgan fingerprint density at radius 3 is 2.61 bits per heavy atom. The Morgan fingerprint density at radius 2 is 1.87 bits per heavy atom. The third-order valence-electron chi connectivity index (χ3n) is 5.30. The molecule has 0 unspecified atom stereocenters. The van der Waals surface area contributed by atoms with Gasteiger partial charge in [0, 0.05) is 45.1 Å². The molecule has 0 radical (unpaired) electrons. The van der Waals surface area contributed by atoms with Crippen molar-refractivity contribution in [2.24, 2.45) is 0 Å². The van der Waals surface area contributed by atoms with E-state index < -0.39 is 5.82 Å². The van der Waals surface area contributed by atoms with Crippen molar-refractivity contribution in [3.05, 3.63) is 52.7 Å². The van der Waals surface area contributed by atoms with Crippen molar-refractivity contribution in [2.75, 3.05) is 31.1 Å². The van der Waals surface area contributed by atoms with E-state index in [0.717, 1.165) is 26.2 Å². The molecular formula is C21H20FN7O2. The van der Waals surface area contributed by atoms with Crippen molar-refractivity contribution in [3.63, 3.8) is 0 Å². The normalized spacial score (nSPS) is 14.3. The summed E-state index contributed by atoms with van der Waals surface area (Å²) in [4.78, 5) is 24.4. The van der Waals surface area contributed by atoms with E-state index in [0.29, 0.717) is 23.5 Å². The summed E-state index contributed by atoms with van der Waals surface area (Å²) in [6.07, 6.45) is 3.20. The van der Waals surface area contributed by atoms with E-state index in [-0.39, 0.29) is 28.3 Å². The van der Waals surface area contributed by atoms with Crippen molar-refractivity contribution in [1.82, 2.24) is 30.0 Å². The van der Waals surface area contributed by atoms with Gasteiger partial charge in [-0.25, -0.2) is 9.37 Å². The number of piperazine rings is 1. The van der Waals surface area contributed by atoms with Crippen LogP contribution in [-0.4, -0.2) is 50.9 Å². The maximum atomic E-state index is 14.1. The lowest BCUT2D eigenvalue weighted by Crippen LogP contribution is -2.44.